The molecule has 4 rings (SSSR count). The van der Waals surface area contributed by atoms with E-state index in [1.165, 1.54) is 0 Å². The van der Waals surface area contributed by atoms with E-state index in [1.54, 1.807) is 24.7 Å². The van der Waals surface area contributed by atoms with Gasteiger partial charge in [-0.2, -0.15) is 5.10 Å². The van der Waals surface area contributed by atoms with E-state index in [-0.39, 0.29) is 5.91 Å². The number of halogens is 1. The Morgan fingerprint density at radius 1 is 1.16 bits per heavy atom. The monoisotopic (exact) mass is 438 g/mol. The average Bonchev–Trinajstić information content (AvgIpc) is 3.35. The van der Waals surface area contributed by atoms with Gasteiger partial charge in [0, 0.05) is 17.0 Å². The zero-order valence-corrected chi connectivity index (χ0v) is 18.0. The molecule has 2 heterocycles. The van der Waals surface area contributed by atoms with Crippen LogP contribution in [0, 0.1) is 0 Å². The van der Waals surface area contributed by atoms with E-state index in [2.05, 4.69) is 20.7 Å². The normalized spacial score (nSPS) is 11.7. The van der Waals surface area contributed by atoms with Crippen molar-refractivity contribution in [2.24, 2.45) is 0 Å². The fraction of sp³-hybridized carbons (Fsp3) is 0.273. The summed E-state index contributed by atoms with van der Waals surface area (Å²) < 4.78 is 3.41. The number of nitrogens with one attached hydrogen (secondary N) is 1. The number of benzene rings is 2. The SMILES string of the molecule is CC(C)(O)c1cn(CCNC(=O)c2nn(Cc3ccc(Cl)cc3)c3ccccc23)nn1. The smallest absolute Gasteiger partial charge is 0.272 e. The number of nitrogens with zero attached hydrogens (tertiary/aromatic N) is 5. The van der Waals surface area contributed by atoms with Gasteiger partial charge >= 0.3 is 0 Å². The van der Waals surface area contributed by atoms with E-state index in [9.17, 15) is 9.90 Å². The number of carbonyl (C=O) groups excluding carboxylic acids is 1. The molecule has 0 unspecified atom stereocenters. The number of fused-ring (bicyclic) bond motifs is 1. The number of carbonyl (C=O) groups is 1. The highest BCUT2D eigenvalue weighted by molar-refractivity contribution is 6.30. The van der Waals surface area contributed by atoms with Gasteiger partial charge in [-0.15, -0.1) is 5.10 Å². The Hall–Kier alpha value is -3.23. The number of rotatable bonds is 7. The minimum Gasteiger partial charge on any atom is -0.384 e. The molecule has 2 N–H and O–H groups in total. The molecular formula is C22H23ClN6O2. The quantitative estimate of drug-likeness (QED) is 0.462. The maximum atomic E-state index is 12.8. The fourth-order valence-electron chi connectivity index (χ4n) is 3.23. The van der Waals surface area contributed by atoms with Crippen LogP contribution in [0.2, 0.25) is 5.02 Å². The predicted octanol–water partition coefficient (Wildman–Crippen LogP) is 2.99. The Morgan fingerprint density at radius 3 is 2.61 bits per heavy atom. The molecule has 160 valence electrons. The maximum Gasteiger partial charge on any atom is 0.272 e. The predicted molar refractivity (Wildman–Crippen MR) is 118 cm³/mol. The summed E-state index contributed by atoms with van der Waals surface area (Å²) in [5.74, 6) is -0.256. The van der Waals surface area contributed by atoms with Crippen LogP contribution in [0.25, 0.3) is 10.9 Å². The second-order valence-corrected chi connectivity index (χ2v) is 8.27. The van der Waals surface area contributed by atoms with Gasteiger partial charge in [-0.05, 0) is 37.6 Å². The highest BCUT2D eigenvalue weighted by atomic mass is 35.5. The van der Waals surface area contributed by atoms with Crippen LogP contribution in [-0.2, 0) is 18.7 Å². The largest absolute Gasteiger partial charge is 0.384 e. The minimum atomic E-state index is -1.06. The summed E-state index contributed by atoms with van der Waals surface area (Å²) in [6.07, 6.45) is 1.67. The molecule has 0 fully saturated rings. The van der Waals surface area contributed by atoms with Crippen molar-refractivity contribution in [1.82, 2.24) is 30.1 Å². The molecular weight excluding hydrogens is 416 g/mol. The Morgan fingerprint density at radius 2 is 1.90 bits per heavy atom. The third kappa shape index (κ3) is 4.76. The van der Waals surface area contributed by atoms with Crippen LogP contribution in [0.1, 0.15) is 35.6 Å². The van der Waals surface area contributed by atoms with Crippen molar-refractivity contribution in [3.63, 3.8) is 0 Å². The molecule has 4 aromatic rings. The third-order valence-electron chi connectivity index (χ3n) is 4.91. The lowest BCUT2D eigenvalue weighted by Gasteiger charge is -2.11. The van der Waals surface area contributed by atoms with Crippen LogP contribution in [0.5, 0.6) is 0 Å². The van der Waals surface area contributed by atoms with Crippen molar-refractivity contribution in [2.45, 2.75) is 32.5 Å². The molecule has 2 aromatic carbocycles. The van der Waals surface area contributed by atoms with Crippen LogP contribution >= 0.6 is 11.6 Å². The lowest BCUT2D eigenvalue weighted by molar-refractivity contribution is 0.0737. The lowest BCUT2D eigenvalue weighted by atomic mass is 10.1. The van der Waals surface area contributed by atoms with Crippen LogP contribution in [0.3, 0.4) is 0 Å². The molecule has 31 heavy (non-hydrogen) atoms. The first kappa shape index (κ1) is 21.0. The van der Waals surface area contributed by atoms with E-state index in [1.807, 2.05) is 53.2 Å². The molecule has 9 heteroatoms. The van der Waals surface area contributed by atoms with Gasteiger partial charge in [0.2, 0.25) is 0 Å². The highest BCUT2D eigenvalue weighted by Gasteiger charge is 2.20. The van der Waals surface area contributed by atoms with Crippen molar-refractivity contribution >= 4 is 28.4 Å². The molecule has 8 nitrogen and oxygen atoms in total. The summed E-state index contributed by atoms with van der Waals surface area (Å²) in [5, 5.41) is 26.9. The summed E-state index contributed by atoms with van der Waals surface area (Å²) in [7, 11) is 0. The lowest BCUT2D eigenvalue weighted by Crippen LogP contribution is -2.28. The van der Waals surface area contributed by atoms with E-state index in [4.69, 9.17) is 11.6 Å². The number of para-hydroxylation sites is 1. The Balaban J connectivity index is 1.47. The first-order chi connectivity index (χ1) is 14.8. The number of hydrogen-bond acceptors (Lipinski definition) is 5. The van der Waals surface area contributed by atoms with E-state index < -0.39 is 5.60 Å². The number of aromatic nitrogens is 5. The maximum absolute atomic E-state index is 12.8. The van der Waals surface area contributed by atoms with Crippen molar-refractivity contribution < 1.29 is 9.90 Å². The fourth-order valence-corrected chi connectivity index (χ4v) is 3.36. The first-order valence-corrected chi connectivity index (χ1v) is 10.3. The Bertz CT molecular complexity index is 1210. The van der Waals surface area contributed by atoms with Crippen LogP contribution in [0.15, 0.2) is 54.7 Å². The minimum absolute atomic E-state index is 0.256. The molecule has 0 radical (unpaired) electrons. The first-order valence-electron chi connectivity index (χ1n) is 9.92. The molecule has 0 atom stereocenters. The zero-order valence-electron chi connectivity index (χ0n) is 17.3. The van der Waals surface area contributed by atoms with Gasteiger partial charge in [-0.1, -0.05) is 47.1 Å². The summed E-state index contributed by atoms with van der Waals surface area (Å²) in [6.45, 7) is 4.61. The second kappa shape index (κ2) is 8.49. The van der Waals surface area contributed by atoms with Crippen molar-refractivity contribution in [2.75, 3.05) is 6.54 Å². The van der Waals surface area contributed by atoms with Crippen LogP contribution in [0.4, 0.5) is 0 Å². The average molecular weight is 439 g/mol. The van der Waals surface area contributed by atoms with Crippen LogP contribution < -0.4 is 5.32 Å². The van der Waals surface area contributed by atoms with Gasteiger partial charge in [0.15, 0.2) is 5.69 Å². The van der Waals surface area contributed by atoms with Gasteiger partial charge in [-0.3, -0.25) is 14.2 Å². The van der Waals surface area contributed by atoms with Gasteiger partial charge in [0.25, 0.3) is 5.91 Å². The molecule has 0 spiro atoms. The standard InChI is InChI=1S/C22H23ClN6O2/c1-22(2,31)19-14-28(27-25-19)12-11-24-21(30)20-17-5-3-4-6-18(17)29(26-20)13-15-7-9-16(23)10-8-15/h3-10,14,31H,11-13H2,1-2H3,(H,24,30). The van der Waals surface area contributed by atoms with Gasteiger partial charge < -0.3 is 10.4 Å². The Labute approximate surface area is 184 Å². The van der Waals surface area contributed by atoms with E-state index in [0.717, 1.165) is 16.5 Å². The third-order valence-corrected chi connectivity index (χ3v) is 5.16. The van der Waals surface area contributed by atoms with E-state index >= 15 is 0 Å². The van der Waals surface area contributed by atoms with Crippen molar-refractivity contribution in [3.8, 4) is 0 Å². The van der Waals surface area contributed by atoms with Gasteiger partial charge in [0.05, 0.1) is 24.8 Å². The molecule has 0 aliphatic carbocycles. The molecule has 0 saturated heterocycles. The summed E-state index contributed by atoms with van der Waals surface area (Å²) in [6, 6.07) is 15.2. The number of aliphatic hydroxyl groups is 1. The topological polar surface area (TPSA) is 97.9 Å². The molecule has 0 aliphatic rings. The molecule has 0 bridgehead atoms. The number of amides is 1. The zero-order chi connectivity index (χ0) is 22.0. The second-order valence-electron chi connectivity index (χ2n) is 7.83. The molecule has 2 aromatic heterocycles. The molecule has 1 amide bonds. The van der Waals surface area contributed by atoms with Gasteiger partial charge in [-0.25, -0.2) is 0 Å². The number of hydrogen-bond donors (Lipinski definition) is 2. The van der Waals surface area contributed by atoms with E-state index in [0.29, 0.717) is 36.0 Å². The van der Waals surface area contributed by atoms with Gasteiger partial charge in [0.1, 0.15) is 11.3 Å². The molecule has 0 aliphatic heterocycles. The van der Waals surface area contributed by atoms with Crippen LogP contribution in [-0.4, -0.2) is 42.3 Å². The van der Waals surface area contributed by atoms with Crippen molar-refractivity contribution in [3.05, 3.63) is 76.7 Å². The Kier molecular flexibility index (Phi) is 5.75. The summed E-state index contributed by atoms with van der Waals surface area (Å²) in [5.41, 5.74) is 1.72. The summed E-state index contributed by atoms with van der Waals surface area (Å²) in [4.78, 5) is 12.8. The van der Waals surface area contributed by atoms with Crippen molar-refractivity contribution in [1.29, 1.82) is 0 Å². The molecule has 0 saturated carbocycles. The highest BCUT2D eigenvalue weighted by Crippen LogP contribution is 2.20. The summed E-state index contributed by atoms with van der Waals surface area (Å²) >= 11 is 5.97.